The number of hydrogen-bond donors (Lipinski definition) is 1. The number of benzene rings is 1. The third-order valence-electron chi connectivity index (χ3n) is 2.80. The van der Waals surface area contributed by atoms with E-state index in [2.05, 4.69) is 0 Å². The predicted molar refractivity (Wildman–Crippen MR) is 62.8 cm³/mol. The Morgan fingerprint density at radius 2 is 2.12 bits per heavy atom. The number of nitrogens with zero attached hydrogens (tertiary/aromatic N) is 1. The fourth-order valence-corrected chi connectivity index (χ4v) is 1.92. The highest BCUT2D eigenvalue weighted by molar-refractivity contribution is 6.02. The summed E-state index contributed by atoms with van der Waals surface area (Å²) < 4.78 is 18.5. The zero-order chi connectivity index (χ0) is 12.3. The van der Waals surface area contributed by atoms with Crippen LogP contribution in [0.15, 0.2) is 18.2 Å². The highest BCUT2D eigenvalue weighted by Crippen LogP contribution is 2.23. The lowest BCUT2D eigenvalue weighted by Gasteiger charge is -2.30. The number of Topliss-reactive ketones (excluding diaryl/α,β-unsaturated/α-hetero) is 1. The number of halogens is 1. The summed E-state index contributed by atoms with van der Waals surface area (Å²) in [5.74, 6) is -0.522. The minimum absolute atomic E-state index is 0.0665. The van der Waals surface area contributed by atoms with Crippen molar-refractivity contribution < 1.29 is 13.9 Å². The molecule has 1 saturated heterocycles. The average Bonchev–Trinajstić information content (AvgIpc) is 2.39. The normalized spacial score (nSPS) is 16.0. The molecule has 17 heavy (non-hydrogen) atoms. The van der Waals surface area contributed by atoms with Gasteiger partial charge in [-0.25, -0.2) is 4.39 Å². The van der Waals surface area contributed by atoms with Crippen LogP contribution in [0.5, 0.6) is 0 Å². The van der Waals surface area contributed by atoms with Crippen LogP contribution in [0.1, 0.15) is 10.4 Å². The van der Waals surface area contributed by atoms with Gasteiger partial charge in [-0.05, 0) is 18.2 Å². The Bertz CT molecular complexity index is 417. The van der Waals surface area contributed by atoms with Crippen LogP contribution in [0.25, 0.3) is 0 Å². The summed E-state index contributed by atoms with van der Waals surface area (Å²) >= 11 is 0. The quantitative estimate of drug-likeness (QED) is 0.791. The molecule has 0 radical (unpaired) electrons. The van der Waals surface area contributed by atoms with Gasteiger partial charge in [0.05, 0.1) is 25.4 Å². The van der Waals surface area contributed by atoms with Gasteiger partial charge in [-0.3, -0.25) is 4.79 Å². The van der Waals surface area contributed by atoms with Gasteiger partial charge in [-0.1, -0.05) is 0 Å². The molecule has 0 aliphatic carbocycles. The Labute approximate surface area is 99.2 Å². The van der Waals surface area contributed by atoms with Gasteiger partial charge < -0.3 is 15.4 Å². The van der Waals surface area contributed by atoms with E-state index in [1.165, 1.54) is 18.2 Å². The van der Waals surface area contributed by atoms with Crippen molar-refractivity contribution in [2.45, 2.75) is 0 Å². The number of hydrogen-bond acceptors (Lipinski definition) is 4. The van der Waals surface area contributed by atoms with Gasteiger partial charge in [-0.15, -0.1) is 0 Å². The topological polar surface area (TPSA) is 55.6 Å². The molecular weight excluding hydrogens is 223 g/mol. The number of rotatable bonds is 3. The van der Waals surface area contributed by atoms with Crippen LogP contribution in [0, 0.1) is 5.82 Å². The van der Waals surface area contributed by atoms with Gasteiger partial charge in [0, 0.05) is 18.7 Å². The number of morpholine rings is 1. The maximum absolute atomic E-state index is 13.3. The van der Waals surface area contributed by atoms with Crippen molar-refractivity contribution in [3.05, 3.63) is 29.6 Å². The van der Waals surface area contributed by atoms with Crippen molar-refractivity contribution in [2.24, 2.45) is 5.73 Å². The minimum atomic E-state index is -0.347. The van der Waals surface area contributed by atoms with Crippen LogP contribution in [-0.4, -0.2) is 38.6 Å². The summed E-state index contributed by atoms with van der Waals surface area (Å²) in [7, 11) is 0. The fourth-order valence-electron chi connectivity index (χ4n) is 1.92. The van der Waals surface area contributed by atoms with Gasteiger partial charge in [0.15, 0.2) is 5.78 Å². The van der Waals surface area contributed by atoms with E-state index in [4.69, 9.17) is 10.5 Å². The SMILES string of the molecule is NCC(=O)c1ccc(F)cc1N1CCOCC1. The van der Waals surface area contributed by atoms with E-state index in [0.29, 0.717) is 37.6 Å². The van der Waals surface area contributed by atoms with Gasteiger partial charge >= 0.3 is 0 Å². The Kier molecular flexibility index (Phi) is 3.71. The van der Waals surface area contributed by atoms with E-state index in [0.717, 1.165) is 0 Å². The number of ether oxygens (including phenoxy) is 1. The molecule has 1 aliphatic heterocycles. The second-order valence-corrected chi connectivity index (χ2v) is 3.89. The summed E-state index contributed by atoms with van der Waals surface area (Å²) in [5, 5.41) is 0. The Hall–Kier alpha value is -1.46. The van der Waals surface area contributed by atoms with Crippen LogP contribution in [0.4, 0.5) is 10.1 Å². The Morgan fingerprint density at radius 3 is 2.76 bits per heavy atom. The second-order valence-electron chi connectivity index (χ2n) is 3.89. The van der Waals surface area contributed by atoms with Crippen LogP contribution >= 0.6 is 0 Å². The van der Waals surface area contributed by atoms with Crippen molar-refractivity contribution in [2.75, 3.05) is 37.7 Å². The van der Waals surface area contributed by atoms with Crippen molar-refractivity contribution in [1.29, 1.82) is 0 Å². The Balaban J connectivity index is 2.35. The third kappa shape index (κ3) is 2.62. The second kappa shape index (κ2) is 5.25. The largest absolute Gasteiger partial charge is 0.378 e. The lowest BCUT2D eigenvalue weighted by molar-refractivity contribution is 0.0999. The monoisotopic (exact) mass is 238 g/mol. The molecule has 0 saturated carbocycles. The van der Waals surface area contributed by atoms with E-state index in [-0.39, 0.29) is 18.1 Å². The first-order chi connectivity index (χ1) is 8.22. The van der Waals surface area contributed by atoms with E-state index >= 15 is 0 Å². The first kappa shape index (κ1) is 12.0. The minimum Gasteiger partial charge on any atom is -0.378 e. The van der Waals surface area contributed by atoms with E-state index in [1.807, 2.05) is 4.90 Å². The molecule has 0 aromatic heterocycles. The number of carbonyl (C=O) groups excluding carboxylic acids is 1. The molecule has 92 valence electrons. The molecule has 0 unspecified atom stereocenters. The van der Waals surface area contributed by atoms with Gasteiger partial charge in [0.1, 0.15) is 5.82 Å². The molecular formula is C12H15FN2O2. The third-order valence-corrected chi connectivity index (χ3v) is 2.80. The van der Waals surface area contributed by atoms with Gasteiger partial charge in [0.25, 0.3) is 0 Å². The van der Waals surface area contributed by atoms with Crippen LogP contribution < -0.4 is 10.6 Å². The summed E-state index contributed by atoms with van der Waals surface area (Å²) in [6, 6.07) is 4.16. The molecule has 0 amide bonds. The van der Waals surface area contributed by atoms with Crippen molar-refractivity contribution in [3.8, 4) is 0 Å². The summed E-state index contributed by atoms with van der Waals surface area (Å²) in [6.45, 7) is 2.44. The molecule has 1 aromatic rings. The highest BCUT2D eigenvalue weighted by Gasteiger charge is 2.18. The molecule has 1 fully saturated rings. The van der Waals surface area contributed by atoms with Crippen molar-refractivity contribution in [3.63, 3.8) is 0 Å². The Morgan fingerprint density at radius 1 is 1.41 bits per heavy atom. The summed E-state index contributed by atoms with van der Waals surface area (Å²) in [6.07, 6.45) is 0. The van der Waals surface area contributed by atoms with E-state index in [9.17, 15) is 9.18 Å². The highest BCUT2D eigenvalue weighted by atomic mass is 19.1. The lowest BCUT2D eigenvalue weighted by Crippen LogP contribution is -2.37. The number of nitrogens with two attached hydrogens (primary N) is 1. The van der Waals surface area contributed by atoms with Gasteiger partial charge in [-0.2, -0.15) is 0 Å². The van der Waals surface area contributed by atoms with Gasteiger partial charge in [0.2, 0.25) is 0 Å². The smallest absolute Gasteiger partial charge is 0.178 e. The number of anilines is 1. The average molecular weight is 238 g/mol. The maximum atomic E-state index is 13.3. The zero-order valence-electron chi connectivity index (χ0n) is 9.49. The summed E-state index contributed by atoms with van der Waals surface area (Å²) in [5.41, 5.74) is 6.45. The van der Waals surface area contributed by atoms with Crippen LogP contribution in [-0.2, 0) is 4.74 Å². The molecule has 2 rings (SSSR count). The molecule has 5 heteroatoms. The maximum Gasteiger partial charge on any atom is 0.178 e. The zero-order valence-corrected chi connectivity index (χ0v) is 9.49. The standard InChI is InChI=1S/C12H15FN2O2/c13-9-1-2-10(12(16)8-14)11(7-9)15-3-5-17-6-4-15/h1-2,7H,3-6,8,14H2. The first-order valence-electron chi connectivity index (χ1n) is 5.58. The van der Waals surface area contributed by atoms with E-state index < -0.39 is 0 Å². The first-order valence-corrected chi connectivity index (χ1v) is 5.58. The number of ketones is 1. The van der Waals surface area contributed by atoms with E-state index in [1.54, 1.807) is 0 Å². The number of carbonyl (C=O) groups is 1. The predicted octanol–water partition coefficient (Wildman–Crippen LogP) is 0.804. The molecule has 0 bridgehead atoms. The van der Waals surface area contributed by atoms with Crippen LogP contribution in [0.3, 0.4) is 0 Å². The fraction of sp³-hybridized carbons (Fsp3) is 0.417. The van der Waals surface area contributed by atoms with Crippen LogP contribution in [0.2, 0.25) is 0 Å². The molecule has 2 N–H and O–H groups in total. The molecule has 1 aromatic carbocycles. The summed E-state index contributed by atoms with van der Waals surface area (Å²) in [4.78, 5) is 13.6. The molecule has 0 spiro atoms. The lowest BCUT2D eigenvalue weighted by atomic mass is 10.1. The molecule has 1 aliphatic rings. The molecule has 1 heterocycles. The molecule has 0 atom stereocenters. The molecule has 4 nitrogen and oxygen atoms in total. The van der Waals surface area contributed by atoms with Crippen molar-refractivity contribution in [1.82, 2.24) is 0 Å². The van der Waals surface area contributed by atoms with Crippen molar-refractivity contribution >= 4 is 11.5 Å².